The maximum absolute atomic E-state index is 11.6. The molecule has 0 atom stereocenters. The van der Waals surface area contributed by atoms with E-state index in [9.17, 15) is 9.59 Å². The summed E-state index contributed by atoms with van der Waals surface area (Å²) in [6.07, 6.45) is 0.907. The van der Waals surface area contributed by atoms with Crippen LogP contribution in [0.1, 0.15) is 20.3 Å². The van der Waals surface area contributed by atoms with Crippen molar-refractivity contribution in [1.82, 2.24) is 10.2 Å². The summed E-state index contributed by atoms with van der Waals surface area (Å²) >= 11 is 0. The summed E-state index contributed by atoms with van der Waals surface area (Å²) in [7, 11) is 0. The second kappa shape index (κ2) is 8.96. The Kier molecular flexibility index (Phi) is 7.17. The zero-order chi connectivity index (χ0) is 14.8. The van der Waals surface area contributed by atoms with Gasteiger partial charge in [-0.15, -0.1) is 0 Å². The molecule has 0 aliphatic rings. The minimum Gasteiger partial charge on any atom is -0.484 e. The number of hydrogen-bond acceptors (Lipinski definition) is 3. The smallest absolute Gasteiger partial charge is 0.258 e. The molecule has 0 radical (unpaired) electrons. The molecule has 0 spiro atoms. The maximum Gasteiger partial charge on any atom is 0.258 e. The van der Waals surface area contributed by atoms with Crippen LogP contribution in [0.25, 0.3) is 0 Å². The Balaban J connectivity index is 2.21. The van der Waals surface area contributed by atoms with Crippen LogP contribution in [0.15, 0.2) is 30.3 Å². The van der Waals surface area contributed by atoms with Crippen LogP contribution in [0.4, 0.5) is 0 Å². The fraction of sp³-hybridized carbons (Fsp3) is 0.467. The van der Waals surface area contributed by atoms with Crippen molar-refractivity contribution in [2.24, 2.45) is 0 Å². The summed E-state index contributed by atoms with van der Waals surface area (Å²) in [6.45, 7) is 5.22. The van der Waals surface area contributed by atoms with E-state index in [4.69, 9.17) is 4.74 Å². The number of amides is 2. The van der Waals surface area contributed by atoms with Crippen molar-refractivity contribution >= 4 is 11.8 Å². The normalized spacial score (nSPS) is 9.90. The summed E-state index contributed by atoms with van der Waals surface area (Å²) < 4.78 is 5.33. The van der Waals surface area contributed by atoms with E-state index >= 15 is 0 Å². The highest BCUT2D eigenvalue weighted by Gasteiger charge is 2.08. The molecule has 0 aliphatic heterocycles. The number of hydrogen-bond donors (Lipinski definition) is 1. The Hall–Kier alpha value is -2.04. The first-order valence-corrected chi connectivity index (χ1v) is 6.83. The highest BCUT2D eigenvalue weighted by Crippen LogP contribution is 2.07. The van der Waals surface area contributed by atoms with Gasteiger partial charge in [0.25, 0.3) is 5.91 Å². The van der Waals surface area contributed by atoms with Gasteiger partial charge in [0, 0.05) is 26.6 Å². The van der Waals surface area contributed by atoms with E-state index in [0.29, 0.717) is 25.4 Å². The SMILES string of the molecule is CCCN(CCNC(=O)COc1ccccc1)C(C)=O. The van der Waals surface area contributed by atoms with Gasteiger partial charge in [-0.05, 0) is 18.6 Å². The number of ether oxygens (including phenoxy) is 1. The first-order chi connectivity index (χ1) is 9.63. The predicted molar refractivity (Wildman–Crippen MR) is 77.5 cm³/mol. The van der Waals surface area contributed by atoms with Crippen LogP contribution in [0.3, 0.4) is 0 Å². The van der Waals surface area contributed by atoms with Gasteiger partial charge in [-0.25, -0.2) is 0 Å². The van der Waals surface area contributed by atoms with Gasteiger partial charge in [0.1, 0.15) is 5.75 Å². The van der Waals surface area contributed by atoms with Crippen LogP contribution in [0.2, 0.25) is 0 Å². The predicted octanol–water partition coefficient (Wildman–Crippen LogP) is 1.44. The Bertz CT molecular complexity index is 420. The number of nitrogens with zero attached hydrogens (tertiary/aromatic N) is 1. The van der Waals surface area contributed by atoms with Crippen molar-refractivity contribution in [1.29, 1.82) is 0 Å². The van der Waals surface area contributed by atoms with E-state index in [-0.39, 0.29) is 18.4 Å². The second-order valence-corrected chi connectivity index (χ2v) is 4.46. The Labute approximate surface area is 119 Å². The number of carbonyl (C=O) groups is 2. The molecule has 1 aromatic rings. The van der Waals surface area contributed by atoms with Crippen molar-refractivity contribution in [2.45, 2.75) is 20.3 Å². The quantitative estimate of drug-likeness (QED) is 0.783. The molecule has 0 aliphatic carbocycles. The van der Waals surface area contributed by atoms with Crippen molar-refractivity contribution in [2.75, 3.05) is 26.2 Å². The monoisotopic (exact) mass is 278 g/mol. The summed E-state index contributed by atoms with van der Waals surface area (Å²) in [5, 5.41) is 2.74. The molecule has 0 bridgehead atoms. The summed E-state index contributed by atoms with van der Waals surface area (Å²) in [4.78, 5) is 24.6. The van der Waals surface area contributed by atoms with Crippen LogP contribution >= 0.6 is 0 Å². The lowest BCUT2D eigenvalue weighted by Gasteiger charge is -2.20. The largest absolute Gasteiger partial charge is 0.484 e. The molecule has 0 fully saturated rings. The van der Waals surface area contributed by atoms with Crippen LogP contribution in [-0.2, 0) is 9.59 Å². The van der Waals surface area contributed by atoms with Gasteiger partial charge in [0.15, 0.2) is 6.61 Å². The second-order valence-electron chi connectivity index (χ2n) is 4.46. The molecule has 1 rings (SSSR count). The van der Waals surface area contributed by atoms with E-state index in [1.54, 1.807) is 17.0 Å². The Morgan fingerprint density at radius 3 is 2.50 bits per heavy atom. The molecule has 1 N–H and O–H groups in total. The van der Waals surface area contributed by atoms with Gasteiger partial charge >= 0.3 is 0 Å². The number of benzene rings is 1. The number of carbonyl (C=O) groups excluding carboxylic acids is 2. The van der Waals surface area contributed by atoms with Gasteiger partial charge in [-0.1, -0.05) is 25.1 Å². The van der Waals surface area contributed by atoms with E-state index in [1.165, 1.54) is 6.92 Å². The van der Waals surface area contributed by atoms with Crippen molar-refractivity contribution < 1.29 is 14.3 Å². The van der Waals surface area contributed by atoms with E-state index < -0.39 is 0 Å². The molecular weight excluding hydrogens is 256 g/mol. The molecule has 20 heavy (non-hydrogen) atoms. The van der Waals surface area contributed by atoms with Crippen LogP contribution in [0.5, 0.6) is 5.75 Å². The first kappa shape index (κ1) is 16.0. The average Bonchev–Trinajstić information content (AvgIpc) is 2.45. The molecular formula is C15H22N2O3. The minimum atomic E-state index is -0.186. The van der Waals surface area contributed by atoms with Gasteiger partial charge in [0.05, 0.1) is 0 Å². The highest BCUT2D eigenvalue weighted by molar-refractivity contribution is 5.77. The van der Waals surface area contributed by atoms with E-state index in [2.05, 4.69) is 5.32 Å². The van der Waals surface area contributed by atoms with Crippen LogP contribution in [-0.4, -0.2) is 43.0 Å². The number of nitrogens with one attached hydrogen (secondary N) is 1. The summed E-state index contributed by atoms with van der Waals surface area (Å²) in [6, 6.07) is 9.18. The van der Waals surface area contributed by atoms with Gasteiger partial charge < -0.3 is 15.0 Å². The molecule has 0 saturated carbocycles. The molecule has 1 aromatic carbocycles. The average molecular weight is 278 g/mol. The Morgan fingerprint density at radius 1 is 1.20 bits per heavy atom. The third-order valence-corrected chi connectivity index (χ3v) is 2.76. The number of rotatable bonds is 8. The molecule has 5 heteroatoms. The zero-order valence-electron chi connectivity index (χ0n) is 12.1. The van der Waals surface area contributed by atoms with Crippen LogP contribution in [0, 0.1) is 0 Å². The maximum atomic E-state index is 11.6. The lowest BCUT2D eigenvalue weighted by Crippen LogP contribution is -2.39. The lowest BCUT2D eigenvalue weighted by atomic mass is 10.3. The third-order valence-electron chi connectivity index (χ3n) is 2.76. The van der Waals surface area contributed by atoms with Crippen molar-refractivity contribution in [3.05, 3.63) is 30.3 Å². The molecule has 110 valence electrons. The molecule has 0 heterocycles. The third kappa shape index (κ3) is 6.22. The van der Waals surface area contributed by atoms with Crippen molar-refractivity contribution in [3.8, 4) is 5.75 Å². The van der Waals surface area contributed by atoms with Crippen molar-refractivity contribution in [3.63, 3.8) is 0 Å². The summed E-state index contributed by atoms with van der Waals surface area (Å²) in [5.74, 6) is 0.509. The fourth-order valence-corrected chi connectivity index (χ4v) is 1.74. The first-order valence-electron chi connectivity index (χ1n) is 6.83. The zero-order valence-corrected chi connectivity index (χ0v) is 12.1. The van der Waals surface area contributed by atoms with Gasteiger partial charge in [0.2, 0.25) is 5.91 Å². The number of para-hydroxylation sites is 1. The van der Waals surface area contributed by atoms with E-state index in [1.807, 2.05) is 25.1 Å². The van der Waals surface area contributed by atoms with Gasteiger partial charge in [-0.3, -0.25) is 9.59 Å². The lowest BCUT2D eigenvalue weighted by molar-refractivity contribution is -0.129. The van der Waals surface area contributed by atoms with Gasteiger partial charge in [-0.2, -0.15) is 0 Å². The molecule has 5 nitrogen and oxygen atoms in total. The molecule has 2 amide bonds. The minimum absolute atomic E-state index is 0.0160. The van der Waals surface area contributed by atoms with E-state index in [0.717, 1.165) is 6.42 Å². The standard InChI is InChI=1S/C15H22N2O3/c1-3-10-17(13(2)18)11-9-16-15(19)12-20-14-7-5-4-6-8-14/h4-8H,3,9-12H2,1-2H3,(H,16,19). The topological polar surface area (TPSA) is 58.6 Å². The fourth-order valence-electron chi connectivity index (χ4n) is 1.74. The van der Waals surface area contributed by atoms with Crippen LogP contribution < -0.4 is 10.1 Å². The highest BCUT2D eigenvalue weighted by atomic mass is 16.5. The Morgan fingerprint density at radius 2 is 1.90 bits per heavy atom. The molecule has 0 aromatic heterocycles. The summed E-state index contributed by atoms with van der Waals surface area (Å²) in [5.41, 5.74) is 0. The molecule has 0 saturated heterocycles. The molecule has 0 unspecified atom stereocenters.